The van der Waals surface area contributed by atoms with E-state index in [1.807, 2.05) is 31.2 Å². The van der Waals surface area contributed by atoms with Gasteiger partial charge >= 0.3 is 5.69 Å². The molecule has 1 atom stereocenters. The number of nitrogens with zero attached hydrogens (tertiary/aromatic N) is 3. The van der Waals surface area contributed by atoms with Crippen LogP contribution in [-0.4, -0.2) is 49.3 Å². The van der Waals surface area contributed by atoms with Crippen molar-refractivity contribution in [2.45, 2.75) is 64.8 Å². The van der Waals surface area contributed by atoms with Gasteiger partial charge in [0, 0.05) is 17.4 Å². The van der Waals surface area contributed by atoms with Crippen molar-refractivity contribution in [3.8, 4) is 11.3 Å². The summed E-state index contributed by atoms with van der Waals surface area (Å²) in [6.45, 7) is 6.79. The Bertz CT molecular complexity index is 1920. The fourth-order valence-electron chi connectivity index (χ4n) is 6.28. The largest absolute Gasteiger partial charge is 0.340 e. The van der Waals surface area contributed by atoms with Crippen LogP contribution in [0.2, 0.25) is 0 Å². The number of imidazole rings is 2. The van der Waals surface area contributed by atoms with E-state index < -0.39 is 11.9 Å². The lowest BCUT2D eigenvalue weighted by Crippen LogP contribution is -2.50. The molecule has 1 aliphatic carbocycles. The number of aryl methyl sites for hydroxylation is 1. The smallest absolute Gasteiger partial charge is 0.323 e. The number of amides is 2. The van der Waals surface area contributed by atoms with Crippen LogP contribution in [0.15, 0.2) is 53.3 Å². The molecule has 0 saturated heterocycles. The summed E-state index contributed by atoms with van der Waals surface area (Å²) in [5, 5.41) is 0. The van der Waals surface area contributed by atoms with Crippen LogP contribution in [0, 0.1) is 18.8 Å². The summed E-state index contributed by atoms with van der Waals surface area (Å²) in [4.78, 5) is 59.2. The lowest BCUT2D eigenvalue weighted by Gasteiger charge is -2.32. The topological polar surface area (TPSA) is 180 Å². The molecule has 0 aliphatic heterocycles. The van der Waals surface area contributed by atoms with Gasteiger partial charge in [-0.25, -0.2) is 19.7 Å². The molecule has 0 unspecified atom stereocenters. The summed E-state index contributed by atoms with van der Waals surface area (Å²) >= 11 is 0. The van der Waals surface area contributed by atoms with E-state index in [9.17, 15) is 14.4 Å². The molecule has 2 amide bonds. The minimum Gasteiger partial charge on any atom is -0.340 e. The molecule has 6 rings (SSSR count). The third kappa shape index (κ3) is 6.62. The molecule has 1 aliphatic rings. The van der Waals surface area contributed by atoms with Gasteiger partial charge in [-0.15, -0.1) is 12.4 Å². The van der Waals surface area contributed by atoms with Gasteiger partial charge in [0.15, 0.2) is 5.65 Å². The molecule has 0 bridgehead atoms. The maximum absolute atomic E-state index is 14.0. The van der Waals surface area contributed by atoms with Crippen molar-refractivity contribution in [3.05, 3.63) is 76.0 Å². The second-order valence-corrected chi connectivity index (χ2v) is 12.6. The standard InChI is InChI=1S/C34H40N8O3.ClH/c1-18(2)30-37-28-14-19(3)29(40-31(28)41-30)22-8-4-20(5-9-22)15-25(36)33(44)42(32(43)23-10-6-21(17-35)7-11-23)24-12-13-26-27(16-24)39-34(45)38-26;/h4-5,8-9,12-14,16,18,21,23,25H,6-7,10-11,15,17,35-36H2,1-3H3,(H,37,40,41)(H2,38,39,45);1H/t21?,23?,25-;/m0./s1. The molecule has 242 valence electrons. The quantitative estimate of drug-likeness (QED) is 0.160. The first-order chi connectivity index (χ1) is 21.6. The van der Waals surface area contributed by atoms with Gasteiger partial charge in [-0.2, -0.15) is 0 Å². The van der Waals surface area contributed by atoms with E-state index in [-0.39, 0.29) is 42.3 Å². The number of benzene rings is 2. The highest BCUT2D eigenvalue weighted by atomic mass is 35.5. The zero-order valence-electron chi connectivity index (χ0n) is 26.3. The fraction of sp³-hybridized carbons (Fsp3) is 0.382. The number of hydrogen-bond acceptors (Lipinski definition) is 7. The number of anilines is 1. The predicted molar refractivity (Wildman–Crippen MR) is 183 cm³/mol. The number of aromatic amines is 3. The predicted octanol–water partition coefficient (Wildman–Crippen LogP) is 4.84. The molecule has 5 aromatic rings. The van der Waals surface area contributed by atoms with Crippen LogP contribution < -0.4 is 22.1 Å². The first-order valence-corrected chi connectivity index (χ1v) is 15.6. The molecule has 0 spiro atoms. The first-order valence-electron chi connectivity index (χ1n) is 15.6. The molecule has 2 aromatic carbocycles. The number of carbonyl (C=O) groups is 2. The summed E-state index contributed by atoms with van der Waals surface area (Å²) in [7, 11) is 0. The van der Waals surface area contributed by atoms with Gasteiger partial charge in [0.1, 0.15) is 5.82 Å². The van der Waals surface area contributed by atoms with Crippen LogP contribution in [0.4, 0.5) is 5.69 Å². The van der Waals surface area contributed by atoms with Crippen molar-refractivity contribution in [1.82, 2.24) is 24.9 Å². The van der Waals surface area contributed by atoms with Crippen molar-refractivity contribution in [3.63, 3.8) is 0 Å². The molecule has 0 radical (unpaired) electrons. The van der Waals surface area contributed by atoms with Crippen molar-refractivity contribution in [1.29, 1.82) is 0 Å². The van der Waals surface area contributed by atoms with E-state index in [2.05, 4.69) is 39.8 Å². The van der Waals surface area contributed by atoms with Crippen molar-refractivity contribution in [2.75, 3.05) is 11.4 Å². The van der Waals surface area contributed by atoms with Gasteiger partial charge in [0.2, 0.25) is 5.91 Å². The van der Waals surface area contributed by atoms with Gasteiger partial charge < -0.3 is 26.4 Å². The van der Waals surface area contributed by atoms with Crippen LogP contribution in [0.3, 0.4) is 0 Å². The van der Waals surface area contributed by atoms with Crippen LogP contribution in [-0.2, 0) is 16.0 Å². The highest BCUT2D eigenvalue weighted by molar-refractivity contribution is 6.17. The Morgan fingerprint density at radius 1 is 0.935 bits per heavy atom. The number of rotatable bonds is 8. The number of fused-ring (bicyclic) bond motifs is 2. The van der Waals surface area contributed by atoms with Crippen LogP contribution in [0.5, 0.6) is 0 Å². The molecule has 12 heteroatoms. The van der Waals surface area contributed by atoms with Gasteiger partial charge in [-0.05, 0) is 86.9 Å². The Labute approximate surface area is 273 Å². The second kappa shape index (κ2) is 13.6. The molecule has 1 fully saturated rings. The Morgan fingerprint density at radius 3 is 2.30 bits per heavy atom. The molecular formula is C34H41ClN8O3. The zero-order valence-corrected chi connectivity index (χ0v) is 27.1. The zero-order chi connectivity index (χ0) is 31.8. The van der Waals surface area contributed by atoms with Crippen LogP contribution >= 0.6 is 12.4 Å². The Kier molecular flexibility index (Phi) is 9.76. The van der Waals surface area contributed by atoms with Crippen LogP contribution in [0.1, 0.15) is 62.4 Å². The molecule has 11 nitrogen and oxygen atoms in total. The molecule has 46 heavy (non-hydrogen) atoms. The molecule has 1 saturated carbocycles. The van der Waals surface area contributed by atoms with Crippen molar-refractivity contribution >= 4 is 52.1 Å². The Balaban J connectivity index is 0.00000417. The number of nitrogens with two attached hydrogens (primary N) is 2. The third-order valence-electron chi connectivity index (χ3n) is 8.96. The highest BCUT2D eigenvalue weighted by Gasteiger charge is 2.35. The summed E-state index contributed by atoms with van der Waals surface area (Å²) in [6, 6.07) is 13.9. The summed E-state index contributed by atoms with van der Waals surface area (Å²) in [6.07, 6.45) is 3.27. The second-order valence-electron chi connectivity index (χ2n) is 12.6. The van der Waals surface area contributed by atoms with Gasteiger partial charge in [0.05, 0.1) is 34.0 Å². The average molecular weight is 645 g/mol. The monoisotopic (exact) mass is 644 g/mol. The van der Waals surface area contributed by atoms with E-state index in [1.165, 1.54) is 4.90 Å². The maximum Gasteiger partial charge on any atom is 0.323 e. The first kappa shape index (κ1) is 33.1. The van der Waals surface area contributed by atoms with Gasteiger partial charge in [-0.3, -0.25) is 9.59 Å². The number of halogens is 1. The number of hydrogen-bond donors (Lipinski definition) is 5. The number of aromatic nitrogens is 5. The SMILES string of the molecule is Cc1cc2[nH]c(C(C)C)nc2nc1-c1ccc(C[C@H](N)C(=O)N(C(=O)C2CCC(CN)CC2)c2ccc3[nH]c(=O)[nH]c3c2)cc1.Cl. The van der Waals surface area contributed by atoms with Gasteiger partial charge in [0.25, 0.3) is 5.91 Å². The molecular weight excluding hydrogens is 604 g/mol. The maximum atomic E-state index is 14.0. The van der Waals surface area contributed by atoms with E-state index in [0.29, 0.717) is 47.7 Å². The minimum atomic E-state index is -0.962. The fourth-order valence-corrected chi connectivity index (χ4v) is 6.28. The Hall–Kier alpha value is -4.32. The van der Waals surface area contributed by atoms with Crippen molar-refractivity contribution < 1.29 is 9.59 Å². The molecule has 7 N–H and O–H groups in total. The summed E-state index contributed by atoms with van der Waals surface area (Å²) in [5.41, 5.74) is 18.8. The summed E-state index contributed by atoms with van der Waals surface area (Å²) in [5.74, 6) is 0.511. The Morgan fingerprint density at radius 2 is 1.63 bits per heavy atom. The molecule has 3 heterocycles. The number of H-pyrrole nitrogens is 3. The third-order valence-corrected chi connectivity index (χ3v) is 8.96. The minimum absolute atomic E-state index is 0. The highest BCUT2D eigenvalue weighted by Crippen LogP contribution is 2.32. The average Bonchev–Trinajstić information content (AvgIpc) is 3.63. The number of imide groups is 1. The van der Waals surface area contributed by atoms with Crippen LogP contribution in [0.25, 0.3) is 33.5 Å². The van der Waals surface area contributed by atoms with E-state index in [1.54, 1.807) is 18.2 Å². The molecule has 3 aromatic heterocycles. The van der Waals surface area contributed by atoms with E-state index in [4.69, 9.17) is 16.5 Å². The lowest BCUT2D eigenvalue weighted by atomic mass is 9.81. The lowest BCUT2D eigenvalue weighted by molar-refractivity contribution is -0.130. The van der Waals surface area contributed by atoms with Gasteiger partial charge in [-0.1, -0.05) is 38.1 Å². The summed E-state index contributed by atoms with van der Waals surface area (Å²) < 4.78 is 0. The van der Waals surface area contributed by atoms with E-state index >= 15 is 0 Å². The number of nitrogens with one attached hydrogen (secondary N) is 3. The van der Waals surface area contributed by atoms with Crippen molar-refractivity contribution in [2.24, 2.45) is 23.3 Å². The number of carbonyl (C=O) groups excluding carboxylic acids is 2. The normalized spacial score (nSPS) is 17.3. The van der Waals surface area contributed by atoms with E-state index in [0.717, 1.165) is 46.6 Å². The number of pyridine rings is 1.